The van der Waals surface area contributed by atoms with Crippen LogP contribution in [0.15, 0.2) is 54.9 Å². The maximum atomic E-state index is 13.1. The third kappa shape index (κ3) is 4.46. The third-order valence-corrected chi connectivity index (χ3v) is 7.44. The van der Waals surface area contributed by atoms with E-state index in [1.54, 1.807) is 26.6 Å². The number of rotatable bonds is 6. The lowest BCUT2D eigenvalue weighted by atomic mass is 10.1. The monoisotopic (exact) mass is 489 g/mol. The van der Waals surface area contributed by atoms with Crippen LogP contribution in [0.2, 0.25) is 0 Å². The number of thiophene rings is 1. The Balaban J connectivity index is 1.38. The highest BCUT2D eigenvalue weighted by atomic mass is 32.1. The van der Waals surface area contributed by atoms with Crippen LogP contribution in [0.5, 0.6) is 11.5 Å². The van der Waals surface area contributed by atoms with Crippen molar-refractivity contribution in [1.82, 2.24) is 9.97 Å². The average molecular weight is 490 g/mol. The number of nitrogens with zero attached hydrogens (tertiary/aromatic N) is 4. The van der Waals surface area contributed by atoms with Crippen molar-refractivity contribution in [3.05, 3.63) is 65.3 Å². The lowest BCUT2D eigenvalue weighted by Gasteiger charge is -2.37. The average Bonchev–Trinajstić information content (AvgIpc) is 3.25. The van der Waals surface area contributed by atoms with Gasteiger partial charge in [-0.2, -0.15) is 0 Å². The Kier molecular flexibility index (Phi) is 6.41. The molecular weight excluding hydrogens is 462 g/mol. The van der Waals surface area contributed by atoms with E-state index >= 15 is 0 Å². The Labute approximate surface area is 208 Å². The summed E-state index contributed by atoms with van der Waals surface area (Å²) in [7, 11) is 3.31. The second-order valence-electron chi connectivity index (χ2n) is 8.27. The van der Waals surface area contributed by atoms with Crippen LogP contribution in [0.25, 0.3) is 10.2 Å². The normalized spacial score (nSPS) is 13.7. The molecule has 0 bridgehead atoms. The predicted octanol–water partition coefficient (Wildman–Crippen LogP) is 4.60. The number of carbonyl (C=O) groups excluding carboxylic acids is 1. The number of nitrogens with one attached hydrogen (secondary N) is 1. The van der Waals surface area contributed by atoms with Gasteiger partial charge in [0.05, 0.1) is 30.2 Å². The number of piperazine rings is 1. The standard InChI is InChI=1S/C26H27N5O3S/c1-17-22-24(31-13-11-30(12-14-31)20-9-4-5-10-21(20)34-3)27-16-28-26(22)35-23(17)25(32)29-18-7-6-8-19(15-18)33-2/h4-10,15-16H,11-14H2,1-3H3,(H,29,32). The van der Waals surface area contributed by atoms with Gasteiger partial charge in [0.2, 0.25) is 0 Å². The van der Waals surface area contributed by atoms with Crippen LogP contribution < -0.4 is 24.6 Å². The lowest BCUT2D eigenvalue weighted by Crippen LogP contribution is -2.47. The molecule has 0 spiro atoms. The Bertz CT molecular complexity index is 1360. The first kappa shape index (κ1) is 22.9. The molecule has 0 radical (unpaired) electrons. The zero-order valence-electron chi connectivity index (χ0n) is 19.9. The van der Waals surface area contributed by atoms with Crippen molar-refractivity contribution < 1.29 is 14.3 Å². The number of fused-ring (bicyclic) bond motifs is 1. The van der Waals surface area contributed by atoms with Gasteiger partial charge < -0.3 is 24.6 Å². The minimum Gasteiger partial charge on any atom is -0.497 e. The summed E-state index contributed by atoms with van der Waals surface area (Å²) in [6, 6.07) is 15.4. The molecule has 5 rings (SSSR count). The van der Waals surface area contributed by atoms with Gasteiger partial charge in [0.25, 0.3) is 5.91 Å². The van der Waals surface area contributed by atoms with Crippen molar-refractivity contribution in [3.8, 4) is 11.5 Å². The lowest BCUT2D eigenvalue weighted by molar-refractivity contribution is 0.103. The van der Waals surface area contributed by atoms with Crippen LogP contribution in [-0.2, 0) is 0 Å². The number of anilines is 3. The first-order valence-corrected chi connectivity index (χ1v) is 12.2. The van der Waals surface area contributed by atoms with Crippen LogP contribution in [0, 0.1) is 6.92 Å². The van der Waals surface area contributed by atoms with Gasteiger partial charge in [0.1, 0.15) is 28.5 Å². The Morgan fingerprint density at radius 3 is 2.51 bits per heavy atom. The highest BCUT2D eigenvalue weighted by molar-refractivity contribution is 7.20. The molecule has 0 unspecified atom stereocenters. The number of amides is 1. The van der Waals surface area contributed by atoms with E-state index in [1.165, 1.54) is 11.3 Å². The molecule has 0 atom stereocenters. The van der Waals surface area contributed by atoms with E-state index in [0.717, 1.165) is 59.2 Å². The van der Waals surface area contributed by atoms with Crippen molar-refractivity contribution in [3.63, 3.8) is 0 Å². The number of para-hydroxylation sites is 2. The molecule has 1 N–H and O–H groups in total. The van der Waals surface area contributed by atoms with Crippen LogP contribution in [0.3, 0.4) is 0 Å². The Hall–Kier alpha value is -3.85. The molecule has 35 heavy (non-hydrogen) atoms. The van der Waals surface area contributed by atoms with Crippen molar-refractivity contribution in [2.45, 2.75) is 6.92 Å². The van der Waals surface area contributed by atoms with E-state index in [0.29, 0.717) is 16.3 Å². The van der Waals surface area contributed by atoms with Crippen LogP contribution >= 0.6 is 11.3 Å². The largest absolute Gasteiger partial charge is 0.497 e. The summed E-state index contributed by atoms with van der Waals surface area (Å²) < 4.78 is 10.8. The molecule has 8 nitrogen and oxygen atoms in total. The van der Waals surface area contributed by atoms with Gasteiger partial charge in [-0.25, -0.2) is 9.97 Å². The van der Waals surface area contributed by atoms with Crippen LogP contribution in [0.4, 0.5) is 17.2 Å². The number of hydrogen-bond donors (Lipinski definition) is 1. The zero-order chi connectivity index (χ0) is 24.4. The van der Waals surface area contributed by atoms with Gasteiger partial charge in [0, 0.05) is 37.9 Å². The van der Waals surface area contributed by atoms with E-state index in [1.807, 2.05) is 43.3 Å². The van der Waals surface area contributed by atoms with Crippen molar-refractivity contribution in [1.29, 1.82) is 0 Å². The van der Waals surface area contributed by atoms with Gasteiger partial charge in [0.15, 0.2) is 0 Å². The summed E-state index contributed by atoms with van der Waals surface area (Å²) in [4.78, 5) is 28.3. The quantitative estimate of drug-likeness (QED) is 0.424. The van der Waals surface area contributed by atoms with Crippen molar-refractivity contribution in [2.24, 2.45) is 0 Å². The molecule has 0 aliphatic carbocycles. The first-order valence-electron chi connectivity index (χ1n) is 11.4. The maximum absolute atomic E-state index is 13.1. The third-order valence-electron chi connectivity index (χ3n) is 6.25. The molecule has 180 valence electrons. The Morgan fingerprint density at radius 2 is 1.74 bits per heavy atom. The van der Waals surface area contributed by atoms with E-state index in [2.05, 4.69) is 31.2 Å². The molecule has 1 amide bonds. The van der Waals surface area contributed by atoms with Gasteiger partial charge >= 0.3 is 0 Å². The maximum Gasteiger partial charge on any atom is 0.266 e. The summed E-state index contributed by atoms with van der Waals surface area (Å²) in [5.74, 6) is 2.29. The highest BCUT2D eigenvalue weighted by Gasteiger charge is 2.25. The van der Waals surface area contributed by atoms with Crippen LogP contribution in [0.1, 0.15) is 15.2 Å². The fourth-order valence-electron chi connectivity index (χ4n) is 4.45. The van der Waals surface area contributed by atoms with Crippen molar-refractivity contribution in [2.75, 3.05) is 55.5 Å². The van der Waals surface area contributed by atoms with E-state index in [-0.39, 0.29) is 5.91 Å². The van der Waals surface area contributed by atoms with E-state index in [9.17, 15) is 4.79 Å². The predicted molar refractivity (Wildman–Crippen MR) is 141 cm³/mol. The summed E-state index contributed by atoms with van der Waals surface area (Å²) in [6.45, 7) is 5.28. The number of benzene rings is 2. The smallest absolute Gasteiger partial charge is 0.266 e. The van der Waals surface area contributed by atoms with Crippen molar-refractivity contribution >= 4 is 44.7 Å². The number of aromatic nitrogens is 2. The molecule has 0 saturated carbocycles. The Morgan fingerprint density at radius 1 is 0.971 bits per heavy atom. The van der Waals surface area contributed by atoms with Gasteiger partial charge in [-0.15, -0.1) is 11.3 Å². The first-order chi connectivity index (χ1) is 17.1. The van der Waals surface area contributed by atoms with Gasteiger partial charge in [-0.05, 0) is 36.8 Å². The molecular formula is C26H27N5O3S. The number of hydrogen-bond acceptors (Lipinski definition) is 8. The second-order valence-corrected chi connectivity index (χ2v) is 9.26. The van der Waals surface area contributed by atoms with E-state index < -0.39 is 0 Å². The second kappa shape index (κ2) is 9.79. The number of ether oxygens (including phenoxy) is 2. The zero-order valence-corrected chi connectivity index (χ0v) is 20.8. The van der Waals surface area contributed by atoms with E-state index in [4.69, 9.17) is 9.47 Å². The molecule has 2 aromatic heterocycles. The molecule has 1 saturated heterocycles. The van der Waals surface area contributed by atoms with Gasteiger partial charge in [-0.3, -0.25) is 4.79 Å². The summed E-state index contributed by atoms with van der Waals surface area (Å²) in [6.07, 6.45) is 1.59. The summed E-state index contributed by atoms with van der Waals surface area (Å²) >= 11 is 1.39. The summed E-state index contributed by atoms with van der Waals surface area (Å²) in [5.41, 5.74) is 2.68. The number of aryl methyl sites for hydroxylation is 1. The highest BCUT2D eigenvalue weighted by Crippen LogP contribution is 2.36. The molecule has 9 heteroatoms. The fourth-order valence-corrected chi connectivity index (χ4v) is 5.49. The SMILES string of the molecule is COc1cccc(NC(=O)c2sc3ncnc(N4CCN(c5ccccc5OC)CC4)c3c2C)c1. The molecule has 1 fully saturated rings. The molecule has 3 heterocycles. The molecule has 4 aromatic rings. The van der Waals surface area contributed by atoms with Crippen LogP contribution in [-0.4, -0.2) is 56.3 Å². The minimum atomic E-state index is -0.161. The number of carbonyl (C=O) groups is 1. The molecule has 1 aliphatic heterocycles. The minimum absolute atomic E-state index is 0.161. The topological polar surface area (TPSA) is 79.8 Å². The van der Waals surface area contributed by atoms with Gasteiger partial charge in [-0.1, -0.05) is 18.2 Å². The summed E-state index contributed by atoms with van der Waals surface area (Å²) in [5, 5.41) is 3.92. The number of methoxy groups -OCH3 is 2. The molecule has 1 aliphatic rings. The molecule has 2 aromatic carbocycles. The fraction of sp³-hybridized carbons (Fsp3) is 0.269.